The predicted molar refractivity (Wildman–Crippen MR) is 61.8 cm³/mol. The maximum Gasteiger partial charge on any atom is 0.341 e. The van der Waals surface area contributed by atoms with Crippen LogP contribution >= 0.6 is 0 Å². The summed E-state index contributed by atoms with van der Waals surface area (Å²) >= 11 is 0. The third-order valence-corrected chi connectivity index (χ3v) is 2.18. The van der Waals surface area contributed by atoms with E-state index in [4.69, 9.17) is 5.11 Å². The number of hydrogen-bond donors (Lipinski definition) is 2. The molecule has 0 atom stereocenters. The minimum Gasteiger partial charge on any atom is -0.477 e. The molecule has 0 fully saturated rings. The minimum atomic E-state index is -1.06. The van der Waals surface area contributed by atoms with Crippen molar-refractivity contribution in [3.8, 4) is 11.4 Å². The highest BCUT2D eigenvalue weighted by Gasteiger charge is 2.13. The zero-order chi connectivity index (χ0) is 12.3. The topological polar surface area (TPSA) is 88.0 Å². The van der Waals surface area contributed by atoms with Crippen molar-refractivity contribution in [1.82, 2.24) is 15.0 Å². The van der Waals surface area contributed by atoms with Gasteiger partial charge in [-0.15, -0.1) is 0 Å². The van der Waals surface area contributed by atoms with E-state index in [9.17, 15) is 4.79 Å². The second-order valence-corrected chi connectivity index (χ2v) is 3.25. The van der Waals surface area contributed by atoms with Gasteiger partial charge < -0.3 is 10.4 Å². The number of carboxylic acids is 1. The summed E-state index contributed by atoms with van der Waals surface area (Å²) in [5.41, 5.74) is 0.779. The van der Waals surface area contributed by atoms with Crippen LogP contribution in [0.25, 0.3) is 11.4 Å². The smallest absolute Gasteiger partial charge is 0.341 e. The van der Waals surface area contributed by atoms with Gasteiger partial charge in [-0.25, -0.2) is 14.8 Å². The Morgan fingerprint density at radius 1 is 1.41 bits per heavy atom. The van der Waals surface area contributed by atoms with Crippen LogP contribution in [0.15, 0.2) is 30.7 Å². The van der Waals surface area contributed by atoms with Crippen LogP contribution in [-0.4, -0.2) is 33.1 Å². The molecule has 6 heteroatoms. The fraction of sp³-hybridized carbons (Fsp3) is 0.0909. The summed E-state index contributed by atoms with van der Waals surface area (Å²) in [7, 11) is 1.61. The van der Waals surface area contributed by atoms with Gasteiger partial charge in [0.05, 0.1) is 0 Å². The molecule has 6 nitrogen and oxygen atoms in total. The van der Waals surface area contributed by atoms with Crippen molar-refractivity contribution < 1.29 is 9.90 Å². The van der Waals surface area contributed by atoms with Crippen molar-refractivity contribution >= 4 is 11.8 Å². The molecular formula is C11H10N4O2. The Labute approximate surface area is 97.4 Å². The minimum absolute atomic E-state index is 0.0418. The summed E-state index contributed by atoms with van der Waals surface area (Å²) in [6.07, 6.45) is 4.55. The molecule has 0 saturated heterocycles. The van der Waals surface area contributed by atoms with Gasteiger partial charge in [0.25, 0.3) is 0 Å². The average molecular weight is 230 g/mol. The number of pyridine rings is 1. The molecule has 2 aromatic rings. The molecule has 2 heterocycles. The predicted octanol–water partition coefficient (Wildman–Crippen LogP) is 1.28. The largest absolute Gasteiger partial charge is 0.477 e. The van der Waals surface area contributed by atoms with Crippen molar-refractivity contribution in [2.24, 2.45) is 0 Å². The van der Waals surface area contributed by atoms with Crippen molar-refractivity contribution in [2.45, 2.75) is 0 Å². The van der Waals surface area contributed by atoms with Gasteiger partial charge in [-0.2, -0.15) is 0 Å². The Balaban J connectivity index is 2.49. The molecule has 0 spiro atoms. The van der Waals surface area contributed by atoms with Gasteiger partial charge in [-0.05, 0) is 12.1 Å². The molecule has 0 aliphatic carbocycles. The lowest BCUT2D eigenvalue weighted by Crippen LogP contribution is -2.07. The van der Waals surface area contributed by atoms with Crippen molar-refractivity contribution in [1.29, 1.82) is 0 Å². The van der Waals surface area contributed by atoms with E-state index in [1.54, 1.807) is 25.5 Å². The molecule has 0 amide bonds. The summed E-state index contributed by atoms with van der Waals surface area (Å²) in [5, 5.41) is 11.7. The number of carbonyl (C=O) groups is 1. The second kappa shape index (κ2) is 4.56. The quantitative estimate of drug-likeness (QED) is 0.825. The first-order valence-corrected chi connectivity index (χ1v) is 4.91. The monoisotopic (exact) mass is 230 g/mol. The SMILES string of the molecule is CNc1nc(-c2cccnc2)ncc1C(=O)O. The van der Waals surface area contributed by atoms with E-state index < -0.39 is 5.97 Å². The van der Waals surface area contributed by atoms with Crippen molar-refractivity contribution in [3.05, 3.63) is 36.3 Å². The Bertz CT molecular complexity index is 542. The van der Waals surface area contributed by atoms with E-state index in [2.05, 4.69) is 20.3 Å². The van der Waals surface area contributed by atoms with Crippen LogP contribution < -0.4 is 5.32 Å². The Morgan fingerprint density at radius 3 is 2.82 bits per heavy atom. The van der Waals surface area contributed by atoms with Crippen LogP contribution in [0.3, 0.4) is 0 Å². The molecule has 0 aliphatic heterocycles. The summed E-state index contributed by atoms with van der Waals surface area (Å²) in [6, 6.07) is 3.57. The highest BCUT2D eigenvalue weighted by atomic mass is 16.4. The molecule has 0 aliphatic rings. The normalized spacial score (nSPS) is 9.94. The van der Waals surface area contributed by atoms with Gasteiger partial charge in [0, 0.05) is 31.2 Å². The first-order chi connectivity index (χ1) is 8.22. The van der Waals surface area contributed by atoms with Crippen molar-refractivity contribution in [2.75, 3.05) is 12.4 Å². The van der Waals surface area contributed by atoms with E-state index >= 15 is 0 Å². The molecule has 2 rings (SSSR count). The van der Waals surface area contributed by atoms with Crippen LogP contribution in [0.2, 0.25) is 0 Å². The number of nitrogens with zero attached hydrogens (tertiary/aromatic N) is 3. The molecule has 0 radical (unpaired) electrons. The summed E-state index contributed by atoms with van der Waals surface area (Å²) in [4.78, 5) is 23.0. The third kappa shape index (κ3) is 2.20. The van der Waals surface area contributed by atoms with Crippen LogP contribution in [0, 0.1) is 0 Å². The molecular weight excluding hydrogens is 220 g/mol. The first-order valence-electron chi connectivity index (χ1n) is 4.91. The highest BCUT2D eigenvalue weighted by molar-refractivity contribution is 5.93. The van der Waals surface area contributed by atoms with Gasteiger partial charge in [0.1, 0.15) is 11.4 Å². The van der Waals surface area contributed by atoms with Crippen LogP contribution in [-0.2, 0) is 0 Å². The standard InChI is InChI=1S/C11H10N4O2/c1-12-10-8(11(16)17)6-14-9(15-10)7-3-2-4-13-5-7/h2-6H,1H3,(H,16,17)(H,12,14,15). The fourth-order valence-corrected chi connectivity index (χ4v) is 1.36. The molecule has 86 valence electrons. The lowest BCUT2D eigenvalue weighted by Gasteiger charge is -2.06. The van der Waals surface area contributed by atoms with Crippen LogP contribution in [0.1, 0.15) is 10.4 Å². The van der Waals surface area contributed by atoms with Gasteiger partial charge in [0.15, 0.2) is 5.82 Å². The first kappa shape index (κ1) is 11.0. The number of anilines is 1. The lowest BCUT2D eigenvalue weighted by molar-refractivity contribution is 0.0697. The third-order valence-electron chi connectivity index (χ3n) is 2.18. The molecule has 2 N–H and O–H groups in total. The number of carboxylic acid groups (broad SMARTS) is 1. The number of rotatable bonds is 3. The van der Waals surface area contributed by atoms with Gasteiger partial charge in [-0.1, -0.05) is 0 Å². The van der Waals surface area contributed by atoms with E-state index in [0.717, 1.165) is 5.56 Å². The number of hydrogen-bond acceptors (Lipinski definition) is 5. The van der Waals surface area contributed by atoms with E-state index in [-0.39, 0.29) is 11.4 Å². The molecule has 0 saturated carbocycles. The zero-order valence-electron chi connectivity index (χ0n) is 9.08. The highest BCUT2D eigenvalue weighted by Crippen LogP contribution is 2.17. The lowest BCUT2D eigenvalue weighted by atomic mass is 10.2. The summed E-state index contributed by atoms with van der Waals surface area (Å²) < 4.78 is 0. The zero-order valence-corrected chi connectivity index (χ0v) is 9.08. The maximum absolute atomic E-state index is 10.9. The summed E-state index contributed by atoms with van der Waals surface area (Å²) in [5.74, 6) is -0.342. The molecule has 17 heavy (non-hydrogen) atoms. The van der Waals surface area contributed by atoms with E-state index in [0.29, 0.717) is 5.82 Å². The maximum atomic E-state index is 10.9. The van der Waals surface area contributed by atoms with Gasteiger partial charge in [0.2, 0.25) is 0 Å². The average Bonchev–Trinajstić information content (AvgIpc) is 2.39. The molecule has 0 unspecified atom stereocenters. The van der Waals surface area contributed by atoms with Gasteiger partial charge in [-0.3, -0.25) is 4.98 Å². The number of aromatic nitrogens is 3. The molecule has 2 aromatic heterocycles. The Morgan fingerprint density at radius 2 is 2.24 bits per heavy atom. The number of nitrogens with one attached hydrogen (secondary N) is 1. The van der Waals surface area contributed by atoms with E-state index in [1.165, 1.54) is 6.20 Å². The summed E-state index contributed by atoms with van der Waals surface area (Å²) in [6.45, 7) is 0. The Kier molecular flexibility index (Phi) is 2.95. The van der Waals surface area contributed by atoms with Crippen molar-refractivity contribution in [3.63, 3.8) is 0 Å². The van der Waals surface area contributed by atoms with E-state index in [1.807, 2.05) is 6.07 Å². The Hall–Kier alpha value is -2.50. The fourth-order valence-electron chi connectivity index (χ4n) is 1.36. The number of aromatic carboxylic acids is 1. The van der Waals surface area contributed by atoms with Gasteiger partial charge >= 0.3 is 5.97 Å². The molecule has 0 bridgehead atoms. The molecule has 0 aromatic carbocycles. The van der Waals surface area contributed by atoms with Crippen LogP contribution in [0.4, 0.5) is 5.82 Å². The van der Waals surface area contributed by atoms with Crippen LogP contribution in [0.5, 0.6) is 0 Å². The second-order valence-electron chi connectivity index (χ2n) is 3.25.